The summed E-state index contributed by atoms with van der Waals surface area (Å²) >= 11 is 0. The van der Waals surface area contributed by atoms with E-state index in [-0.39, 0.29) is 24.4 Å². The lowest BCUT2D eigenvalue weighted by Crippen LogP contribution is -2.42. The SMILES string of the molecule is Cn1cc2cc(NC(=O)c3cnc(N4CCC(N(C(=O)O)C5CC5)C4)cn3)c(OCc3cnco3)cc2n1. The predicted octanol–water partition coefficient (Wildman–Crippen LogP) is 2.90. The molecule has 4 heterocycles. The van der Waals surface area contributed by atoms with E-state index in [1.165, 1.54) is 12.6 Å². The fraction of sp³-hybridized carbons (Fsp3) is 0.360. The summed E-state index contributed by atoms with van der Waals surface area (Å²) in [5.41, 5.74) is 1.31. The quantitative estimate of drug-likeness (QED) is 0.356. The number of hydrogen-bond donors (Lipinski definition) is 2. The Hall–Kier alpha value is -4.68. The minimum Gasteiger partial charge on any atom is -0.483 e. The number of carbonyl (C=O) groups is 2. The van der Waals surface area contributed by atoms with E-state index in [4.69, 9.17) is 9.15 Å². The molecule has 2 fully saturated rings. The van der Waals surface area contributed by atoms with Crippen molar-refractivity contribution in [1.29, 1.82) is 0 Å². The third kappa shape index (κ3) is 4.82. The van der Waals surface area contributed by atoms with Crippen LogP contribution in [0.15, 0.2) is 47.7 Å². The minimum atomic E-state index is -0.869. The standard InChI is InChI=1S/C25H26N8O5/c1-31-11-15-6-20(22(7-19(15)30-31)37-13-18-8-26-14-38-18)29-24(34)21-9-28-23(10-27-21)32-5-4-17(12-32)33(25(35)36)16-2-3-16/h6-11,14,16-17H,2-5,12-13H2,1H3,(H,29,34)(H,35,36). The molecule has 2 N–H and O–H groups in total. The van der Waals surface area contributed by atoms with Crippen molar-refractivity contribution in [1.82, 2.24) is 29.6 Å². The second-order valence-corrected chi connectivity index (χ2v) is 9.49. The molecule has 0 spiro atoms. The van der Waals surface area contributed by atoms with Gasteiger partial charge in [-0.15, -0.1) is 0 Å². The lowest BCUT2D eigenvalue weighted by Gasteiger charge is -2.26. The van der Waals surface area contributed by atoms with E-state index in [0.717, 1.165) is 24.6 Å². The molecular weight excluding hydrogens is 492 g/mol. The van der Waals surface area contributed by atoms with E-state index in [2.05, 4.69) is 25.4 Å². The first-order valence-electron chi connectivity index (χ1n) is 12.3. The van der Waals surface area contributed by atoms with Gasteiger partial charge in [-0.3, -0.25) is 9.48 Å². The highest BCUT2D eigenvalue weighted by molar-refractivity contribution is 6.04. The molecule has 1 atom stereocenters. The maximum Gasteiger partial charge on any atom is 0.407 e. The van der Waals surface area contributed by atoms with Crippen molar-refractivity contribution < 1.29 is 23.8 Å². The minimum absolute atomic E-state index is 0.0671. The monoisotopic (exact) mass is 518 g/mol. The van der Waals surface area contributed by atoms with Gasteiger partial charge in [-0.05, 0) is 25.3 Å². The molecule has 2 amide bonds. The molecule has 1 aliphatic carbocycles. The van der Waals surface area contributed by atoms with Crippen LogP contribution < -0.4 is 15.0 Å². The second kappa shape index (κ2) is 9.65. The highest BCUT2D eigenvalue weighted by Crippen LogP contribution is 2.33. The summed E-state index contributed by atoms with van der Waals surface area (Å²) in [5.74, 6) is 1.13. The van der Waals surface area contributed by atoms with Crippen molar-refractivity contribution in [3.8, 4) is 5.75 Å². The van der Waals surface area contributed by atoms with Crippen molar-refractivity contribution in [2.75, 3.05) is 23.3 Å². The average molecular weight is 519 g/mol. The summed E-state index contributed by atoms with van der Waals surface area (Å²) in [4.78, 5) is 41.0. The van der Waals surface area contributed by atoms with Crippen LogP contribution >= 0.6 is 0 Å². The van der Waals surface area contributed by atoms with Crippen molar-refractivity contribution in [2.45, 2.75) is 38.0 Å². The number of hydrogen-bond acceptors (Lipinski definition) is 9. The molecule has 196 valence electrons. The number of aryl methyl sites for hydroxylation is 1. The van der Waals surface area contributed by atoms with Gasteiger partial charge in [0.15, 0.2) is 12.2 Å². The molecule has 13 heteroatoms. The zero-order valence-electron chi connectivity index (χ0n) is 20.6. The van der Waals surface area contributed by atoms with E-state index in [1.54, 1.807) is 34.1 Å². The van der Waals surface area contributed by atoms with Crippen molar-refractivity contribution in [2.24, 2.45) is 7.05 Å². The number of oxazole rings is 1. The number of fused-ring (bicyclic) bond motifs is 1. The summed E-state index contributed by atoms with van der Waals surface area (Å²) in [6.45, 7) is 1.37. The van der Waals surface area contributed by atoms with Gasteiger partial charge in [0.25, 0.3) is 5.91 Å². The number of anilines is 2. The zero-order valence-corrected chi connectivity index (χ0v) is 20.6. The first kappa shape index (κ1) is 23.7. The molecular formula is C25H26N8O5. The van der Waals surface area contributed by atoms with Crippen LogP contribution in [-0.2, 0) is 13.7 Å². The number of aromatic nitrogens is 5. The third-order valence-electron chi connectivity index (χ3n) is 6.73. The van der Waals surface area contributed by atoms with Gasteiger partial charge < -0.3 is 29.4 Å². The Morgan fingerprint density at radius 2 is 2.05 bits per heavy atom. The maximum atomic E-state index is 13.1. The lowest BCUT2D eigenvalue weighted by atomic mass is 10.2. The molecule has 38 heavy (non-hydrogen) atoms. The molecule has 13 nitrogen and oxygen atoms in total. The van der Waals surface area contributed by atoms with Crippen LogP contribution in [0, 0.1) is 0 Å². The van der Waals surface area contributed by atoms with Crippen LogP contribution in [-0.4, -0.2) is 71.9 Å². The summed E-state index contributed by atoms with van der Waals surface area (Å²) in [6.07, 6.45) is 9.41. The van der Waals surface area contributed by atoms with Gasteiger partial charge in [0.1, 0.15) is 23.9 Å². The summed E-state index contributed by atoms with van der Waals surface area (Å²) < 4.78 is 12.8. The Kier molecular flexibility index (Phi) is 6.02. The molecule has 4 aromatic rings. The van der Waals surface area contributed by atoms with Crippen LogP contribution in [0.5, 0.6) is 5.75 Å². The Bertz CT molecular complexity index is 1470. The van der Waals surface area contributed by atoms with E-state index >= 15 is 0 Å². The zero-order chi connectivity index (χ0) is 26.2. The van der Waals surface area contributed by atoms with Gasteiger partial charge in [-0.1, -0.05) is 0 Å². The van der Waals surface area contributed by atoms with Crippen molar-refractivity contribution in [3.63, 3.8) is 0 Å². The van der Waals surface area contributed by atoms with E-state index in [9.17, 15) is 14.7 Å². The topological polar surface area (TPSA) is 152 Å². The predicted molar refractivity (Wildman–Crippen MR) is 135 cm³/mol. The number of nitrogens with zero attached hydrogens (tertiary/aromatic N) is 7. The smallest absolute Gasteiger partial charge is 0.407 e. The van der Waals surface area contributed by atoms with Crippen molar-refractivity contribution >= 4 is 34.4 Å². The number of rotatable bonds is 8. The van der Waals surface area contributed by atoms with Crippen LogP contribution in [0.1, 0.15) is 35.5 Å². The number of carbonyl (C=O) groups excluding carboxylic acids is 1. The average Bonchev–Trinajstić information content (AvgIpc) is 3.26. The third-order valence-corrected chi connectivity index (χ3v) is 6.73. The molecule has 1 saturated carbocycles. The Morgan fingerprint density at radius 3 is 2.76 bits per heavy atom. The molecule has 0 bridgehead atoms. The highest BCUT2D eigenvalue weighted by Gasteiger charge is 2.40. The van der Waals surface area contributed by atoms with E-state index < -0.39 is 12.0 Å². The second-order valence-electron chi connectivity index (χ2n) is 9.49. The lowest BCUT2D eigenvalue weighted by molar-refractivity contribution is 0.102. The van der Waals surface area contributed by atoms with Crippen LogP contribution in [0.4, 0.5) is 16.3 Å². The van der Waals surface area contributed by atoms with Crippen LogP contribution in [0.25, 0.3) is 10.9 Å². The summed E-state index contributed by atoms with van der Waals surface area (Å²) in [7, 11) is 1.82. The van der Waals surface area contributed by atoms with Gasteiger partial charge in [-0.2, -0.15) is 5.10 Å². The Labute approximate surface area is 217 Å². The summed E-state index contributed by atoms with van der Waals surface area (Å²) in [6, 6.07) is 3.60. The van der Waals surface area contributed by atoms with Crippen LogP contribution in [0.3, 0.4) is 0 Å². The first-order chi connectivity index (χ1) is 18.4. The molecule has 1 aliphatic heterocycles. The van der Waals surface area contributed by atoms with Gasteiger partial charge in [0.2, 0.25) is 0 Å². The fourth-order valence-corrected chi connectivity index (χ4v) is 4.78. The van der Waals surface area contributed by atoms with Crippen LogP contribution in [0.2, 0.25) is 0 Å². The number of carboxylic acid groups (broad SMARTS) is 1. The normalized spacial score (nSPS) is 17.1. The van der Waals surface area contributed by atoms with Gasteiger partial charge >= 0.3 is 6.09 Å². The van der Waals surface area contributed by atoms with Gasteiger partial charge in [0.05, 0.1) is 35.8 Å². The van der Waals surface area contributed by atoms with E-state index in [0.29, 0.717) is 41.6 Å². The number of nitrogens with one attached hydrogen (secondary N) is 1. The molecule has 3 aromatic heterocycles. The fourth-order valence-electron chi connectivity index (χ4n) is 4.78. The van der Waals surface area contributed by atoms with Gasteiger partial charge in [-0.25, -0.2) is 19.7 Å². The molecule has 0 radical (unpaired) electrons. The first-order valence-corrected chi connectivity index (χ1v) is 12.3. The van der Waals surface area contributed by atoms with E-state index in [1.807, 2.05) is 18.1 Å². The largest absolute Gasteiger partial charge is 0.483 e. The Balaban J connectivity index is 1.16. The maximum absolute atomic E-state index is 13.1. The molecule has 1 unspecified atom stereocenters. The van der Waals surface area contributed by atoms with Gasteiger partial charge in [0, 0.05) is 43.8 Å². The molecule has 2 aliphatic rings. The molecule has 1 saturated heterocycles. The number of benzene rings is 1. The Morgan fingerprint density at radius 1 is 1.18 bits per heavy atom. The van der Waals surface area contributed by atoms with Crippen molar-refractivity contribution in [3.05, 3.63) is 54.8 Å². The number of amides is 2. The number of ether oxygens (including phenoxy) is 1. The molecule has 1 aromatic carbocycles. The summed E-state index contributed by atoms with van der Waals surface area (Å²) in [5, 5.41) is 17.7. The molecule has 6 rings (SSSR count). The highest BCUT2D eigenvalue weighted by atomic mass is 16.5.